The Balaban J connectivity index is 2.08. The minimum atomic E-state index is -0.219. The van der Waals surface area contributed by atoms with E-state index in [1.165, 1.54) is 0 Å². The lowest BCUT2D eigenvalue weighted by Crippen LogP contribution is -2.14. The van der Waals surface area contributed by atoms with Crippen molar-refractivity contribution in [3.05, 3.63) is 64.7 Å². The van der Waals surface area contributed by atoms with Crippen molar-refractivity contribution in [3.63, 3.8) is 0 Å². The Morgan fingerprint density at radius 2 is 1.88 bits per heavy atom. The molecule has 5 heteroatoms. The van der Waals surface area contributed by atoms with E-state index in [0.717, 1.165) is 22.2 Å². The van der Waals surface area contributed by atoms with Crippen molar-refractivity contribution in [2.45, 2.75) is 20.3 Å². The molecule has 0 heterocycles. The fourth-order valence-corrected chi connectivity index (χ4v) is 2.42. The topological polar surface area (TPSA) is 47.6 Å². The molecule has 0 aliphatic heterocycles. The van der Waals surface area contributed by atoms with Crippen molar-refractivity contribution in [3.8, 4) is 11.5 Å². The number of carbonyl (C=O) groups excluding carboxylic acids is 1. The van der Waals surface area contributed by atoms with Crippen LogP contribution < -0.4 is 14.8 Å². The van der Waals surface area contributed by atoms with E-state index in [1.807, 2.05) is 32.0 Å². The van der Waals surface area contributed by atoms with E-state index < -0.39 is 0 Å². The second-order valence-corrected chi connectivity index (χ2v) is 6.63. The number of rotatable bonds is 8. The summed E-state index contributed by atoms with van der Waals surface area (Å²) in [7, 11) is 0. The molecule has 0 fully saturated rings. The first kappa shape index (κ1) is 19.1. The van der Waals surface area contributed by atoms with Crippen LogP contribution in [0.25, 0.3) is 0 Å². The summed E-state index contributed by atoms with van der Waals surface area (Å²) in [6, 6.07) is 12.6. The summed E-state index contributed by atoms with van der Waals surface area (Å²) in [5, 5.41) is 2.88. The lowest BCUT2D eigenvalue weighted by Gasteiger charge is -2.12. The van der Waals surface area contributed by atoms with E-state index >= 15 is 0 Å². The average Bonchev–Trinajstić information content (AvgIpc) is 2.60. The third kappa shape index (κ3) is 5.94. The number of benzene rings is 2. The SMILES string of the molecule is C=C(C)COc1ccc(NC(=O)c2cc(Br)ccc2OCCC)cc1. The van der Waals surface area contributed by atoms with E-state index in [9.17, 15) is 4.79 Å². The summed E-state index contributed by atoms with van der Waals surface area (Å²) < 4.78 is 12.0. The molecule has 0 aliphatic carbocycles. The Morgan fingerprint density at radius 1 is 1.16 bits per heavy atom. The Kier molecular flexibility index (Phi) is 7.07. The number of ether oxygens (including phenoxy) is 2. The lowest BCUT2D eigenvalue weighted by atomic mass is 10.2. The Morgan fingerprint density at radius 3 is 2.52 bits per heavy atom. The predicted octanol–water partition coefficient (Wildman–Crippen LogP) is 5.45. The zero-order chi connectivity index (χ0) is 18.2. The average molecular weight is 404 g/mol. The molecule has 1 amide bonds. The second kappa shape index (κ2) is 9.28. The molecule has 2 rings (SSSR count). The number of amides is 1. The highest BCUT2D eigenvalue weighted by atomic mass is 79.9. The maximum atomic E-state index is 12.6. The molecule has 0 saturated heterocycles. The quantitative estimate of drug-likeness (QED) is 0.596. The maximum Gasteiger partial charge on any atom is 0.259 e. The summed E-state index contributed by atoms with van der Waals surface area (Å²) in [5.41, 5.74) is 2.13. The zero-order valence-corrected chi connectivity index (χ0v) is 16.1. The largest absolute Gasteiger partial charge is 0.493 e. The molecule has 2 aromatic rings. The predicted molar refractivity (Wildman–Crippen MR) is 105 cm³/mol. The molecule has 0 aliphatic rings. The molecule has 4 nitrogen and oxygen atoms in total. The van der Waals surface area contributed by atoms with Gasteiger partial charge in [0.1, 0.15) is 18.1 Å². The minimum absolute atomic E-state index is 0.219. The third-order valence-corrected chi connectivity index (χ3v) is 3.74. The maximum absolute atomic E-state index is 12.6. The van der Waals surface area contributed by atoms with Crippen LogP contribution >= 0.6 is 15.9 Å². The van der Waals surface area contributed by atoms with Gasteiger partial charge in [-0.3, -0.25) is 4.79 Å². The molecule has 132 valence electrons. The van der Waals surface area contributed by atoms with Crippen LogP contribution in [-0.2, 0) is 0 Å². The standard InChI is InChI=1S/C20H22BrNO3/c1-4-11-24-19-10-5-15(21)12-18(19)20(23)22-16-6-8-17(9-7-16)25-13-14(2)3/h5-10,12H,2,4,11,13H2,1,3H3,(H,22,23). The van der Waals surface area contributed by atoms with E-state index in [2.05, 4.69) is 27.8 Å². The fraction of sp³-hybridized carbons (Fsp3) is 0.250. The minimum Gasteiger partial charge on any atom is -0.493 e. The normalized spacial score (nSPS) is 10.2. The van der Waals surface area contributed by atoms with Gasteiger partial charge in [0, 0.05) is 10.2 Å². The summed E-state index contributed by atoms with van der Waals surface area (Å²) in [6.45, 7) is 8.77. The van der Waals surface area contributed by atoms with Gasteiger partial charge in [0.15, 0.2) is 0 Å². The van der Waals surface area contributed by atoms with Crippen LogP contribution in [0, 0.1) is 0 Å². The molecule has 0 unspecified atom stereocenters. The first-order valence-electron chi connectivity index (χ1n) is 8.10. The molecule has 1 N–H and O–H groups in total. The summed E-state index contributed by atoms with van der Waals surface area (Å²) >= 11 is 3.40. The Bertz CT molecular complexity index is 741. The first-order chi connectivity index (χ1) is 12.0. The molecule has 0 bridgehead atoms. The molecular weight excluding hydrogens is 382 g/mol. The molecule has 2 aromatic carbocycles. The van der Waals surface area contributed by atoms with Gasteiger partial charge < -0.3 is 14.8 Å². The molecular formula is C20H22BrNO3. The van der Waals surface area contributed by atoms with Crippen LogP contribution in [0.3, 0.4) is 0 Å². The van der Waals surface area contributed by atoms with Crippen molar-refractivity contribution >= 4 is 27.5 Å². The summed E-state index contributed by atoms with van der Waals surface area (Å²) in [5.74, 6) is 1.09. The molecule has 0 radical (unpaired) electrons. The highest BCUT2D eigenvalue weighted by molar-refractivity contribution is 9.10. The number of halogens is 1. The van der Waals surface area contributed by atoms with Gasteiger partial charge in [-0.05, 0) is 61.4 Å². The van der Waals surface area contributed by atoms with Gasteiger partial charge in [-0.1, -0.05) is 29.4 Å². The van der Waals surface area contributed by atoms with Crippen molar-refractivity contribution in [2.24, 2.45) is 0 Å². The van der Waals surface area contributed by atoms with E-state index in [0.29, 0.717) is 30.2 Å². The van der Waals surface area contributed by atoms with Crippen LogP contribution in [0.1, 0.15) is 30.6 Å². The molecule has 0 atom stereocenters. The smallest absolute Gasteiger partial charge is 0.259 e. The number of anilines is 1. The van der Waals surface area contributed by atoms with Gasteiger partial charge in [0.25, 0.3) is 5.91 Å². The van der Waals surface area contributed by atoms with Gasteiger partial charge in [-0.15, -0.1) is 0 Å². The number of hydrogen-bond acceptors (Lipinski definition) is 3. The van der Waals surface area contributed by atoms with Crippen molar-refractivity contribution in [1.82, 2.24) is 0 Å². The van der Waals surface area contributed by atoms with Crippen LogP contribution in [0.15, 0.2) is 59.1 Å². The molecule has 0 aromatic heterocycles. The van der Waals surface area contributed by atoms with Gasteiger partial charge >= 0.3 is 0 Å². The van der Waals surface area contributed by atoms with Crippen molar-refractivity contribution in [2.75, 3.05) is 18.5 Å². The zero-order valence-electron chi connectivity index (χ0n) is 14.5. The lowest BCUT2D eigenvalue weighted by molar-refractivity contribution is 0.102. The third-order valence-electron chi connectivity index (χ3n) is 3.25. The van der Waals surface area contributed by atoms with Crippen molar-refractivity contribution < 1.29 is 14.3 Å². The van der Waals surface area contributed by atoms with E-state index in [1.54, 1.807) is 24.3 Å². The number of carbonyl (C=O) groups is 1. The molecule has 0 spiro atoms. The highest BCUT2D eigenvalue weighted by Crippen LogP contribution is 2.25. The van der Waals surface area contributed by atoms with Crippen LogP contribution in [0.5, 0.6) is 11.5 Å². The van der Waals surface area contributed by atoms with Crippen LogP contribution in [0.4, 0.5) is 5.69 Å². The Labute approximate surface area is 157 Å². The monoisotopic (exact) mass is 403 g/mol. The summed E-state index contributed by atoms with van der Waals surface area (Å²) in [6.07, 6.45) is 0.878. The van der Waals surface area contributed by atoms with Gasteiger partial charge in [0.2, 0.25) is 0 Å². The van der Waals surface area contributed by atoms with Crippen LogP contribution in [0.2, 0.25) is 0 Å². The van der Waals surface area contributed by atoms with Gasteiger partial charge in [0.05, 0.1) is 12.2 Å². The molecule has 0 saturated carbocycles. The Hall–Kier alpha value is -2.27. The van der Waals surface area contributed by atoms with Gasteiger partial charge in [-0.2, -0.15) is 0 Å². The summed E-state index contributed by atoms with van der Waals surface area (Å²) in [4.78, 5) is 12.6. The van der Waals surface area contributed by atoms with E-state index in [4.69, 9.17) is 9.47 Å². The van der Waals surface area contributed by atoms with E-state index in [-0.39, 0.29) is 5.91 Å². The number of hydrogen-bond donors (Lipinski definition) is 1. The molecule has 25 heavy (non-hydrogen) atoms. The fourth-order valence-electron chi connectivity index (χ4n) is 2.06. The highest BCUT2D eigenvalue weighted by Gasteiger charge is 2.13. The first-order valence-corrected chi connectivity index (χ1v) is 8.90. The second-order valence-electron chi connectivity index (χ2n) is 5.71. The van der Waals surface area contributed by atoms with Crippen molar-refractivity contribution in [1.29, 1.82) is 0 Å². The van der Waals surface area contributed by atoms with Crippen LogP contribution in [-0.4, -0.2) is 19.1 Å². The van der Waals surface area contributed by atoms with Gasteiger partial charge in [-0.25, -0.2) is 0 Å². The number of nitrogens with one attached hydrogen (secondary N) is 1.